The van der Waals surface area contributed by atoms with Crippen LogP contribution >= 0.6 is 0 Å². The topological polar surface area (TPSA) is 49.3 Å². The van der Waals surface area contributed by atoms with E-state index < -0.39 is 24.2 Å². The van der Waals surface area contributed by atoms with Crippen molar-refractivity contribution in [2.75, 3.05) is 0 Å². The summed E-state index contributed by atoms with van der Waals surface area (Å²) in [4.78, 5) is 11.0. The fourth-order valence-corrected chi connectivity index (χ4v) is 2.25. The highest BCUT2D eigenvalue weighted by atomic mass is 19.4. The van der Waals surface area contributed by atoms with Crippen LogP contribution in [0.25, 0.3) is 10.8 Å². The summed E-state index contributed by atoms with van der Waals surface area (Å²) < 4.78 is 39.1. The van der Waals surface area contributed by atoms with E-state index in [0.717, 1.165) is 12.3 Å². The van der Waals surface area contributed by atoms with Crippen molar-refractivity contribution in [2.45, 2.75) is 25.2 Å². The maximum absolute atomic E-state index is 13.0. The lowest BCUT2D eigenvalue weighted by molar-refractivity contribution is -0.181. The molecule has 0 aromatic heterocycles. The van der Waals surface area contributed by atoms with Gasteiger partial charge in [-0.3, -0.25) is 4.79 Å². The summed E-state index contributed by atoms with van der Waals surface area (Å²) >= 11 is 0. The van der Waals surface area contributed by atoms with Gasteiger partial charge in [0.2, 0.25) is 5.91 Å². The molecule has 6 heteroatoms. The smallest absolute Gasteiger partial charge is 0.386 e. The Kier molecular flexibility index (Phi) is 4.18. The average molecular weight is 297 g/mol. The zero-order valence-corrected chi connectivity index (χ0v) is 11.2. The van der Waals surface area contributed by atoms with Crippen molar-refractivity contribution in [3.63, 3.8) is 0 Å². The van der Waals surface area contributed by atoms with Crippen LogP contribution in [0.3, 0.4) is 0 Å². The molecule has 2 unspecified atom stereocenters. The van der Waals surface area contributed by atoms with E-state index in [4.69, 9.17) is 0 Å². The molecule has 0 saturated carbocycles. The van der Waals surface area contributed by atoms with Crippen molar-refractivity contribution in [1.82, 2.24) is 5.32 Å². The van der Waals surface area contributed by atoms with Gasteiger partial charge in [0.05, 0.1) is 0 Å². The Balaban J connectivity index is 2.48. The summed E-state index contributed by atoms with van der Waals surface area (Å²) in [6.07, 6.45) is -6.62. The Bertz CT molecular complexity index is 649. The fourth-order valence-electron chi connectivity index (χ4n) is 2.25. The number of carbonyl (C=O) groups is 1. The number of hydrogen-bond acceptors (Lipinski definition) is 2. The lowest BCUT2D eigenvalue weighted by Crippen LogP contribution is -2.48. The number of carbonyl (C=O) groups excluding carboxylic acids is 1. The van der Waals surface area contributed by atoms with Gasteiger partial charge in [-0.05, 0) is 16.3 Å². The van der Waals surface area contributed by atoms with Gasteiger partial charge in [-0.2, -0.15) is 13.2 Å². The highest BCUT2D eigenvalue weighted by molar-refractivity contribution is 5.86. The summed E-state index contributed by atoms with van der Waals surface area (Å²) in [6.45, 7) is 0.981. The highest BCUT2D eigenvalue weighted by Gasteiger charge is 2.45. The summed E-state index contributed by atoms with van der Waals surface area (Å²) in [5, 5.41) is 13.1. The molecule has 0 radical (unpaired) electrons. The highest BCUT2D eigenvalue weighted by Crippen LogP contribution is 2.33. The van der Waals surface area contributed by atoms with E-state index in [0.29, 0.717) is 5.39 Å². The molecule has 0 aliphatic carbocycles. The Morgan fingerprint density at radius 1 is 1.14 bits per heavy atom. The third-order valence-corrected chi connectivity index (χ3v) is 3.17. The first-order chi connectivity index (χ1) is 9.80. The van der Waals surface area contributed by atoms with E-state index in [9.17, 15) is 23.1 Å². The number of alkyl halides is 3. The Morgan fingerprint density at radius 2 is 1.76 bits per heavy atom. The fraction of sp³-hybridized carbons (Fsp3) is 0.267. The number of amides is 1. The molecule has 2 atom stereocenters. The number of fused-ring (bicyclic) bond motifs is 1. The first kappa shape index (κ1) is 15.3. The maximum Gasteiger partial charge on any atom is 0.411 e. The summed E-state index contributed by atoms with van der Waals surface area (Å²) in [5.74, 6) is -0.850. The SMILES string of the molecule is CC(=O)NC(C(O)c1cccc2ccccc12)C(F)(F)F. The van der Waals surface area contributed by atoms with Gasteiger partial charge in [-0.15, -0.1) is 0 Å². The number of rotatable bonds is 3. The van der Waals surface area contributed by atoms with E-state index in [-0.39, 0.29) is 5.56 Å². The van der Waals surface area contributed by atoms with Crippen LogP contribution in [0.4, 0.5) is 13.2 Å². The summed E-state index contributed by atoms with van der Waals surface area (Å²) in [5.41, 5.74) is 0.129. The van der Waals surface area contributed by atoms with E-state index in [1.165, 1.54) is 6.07 Å². The Hall–Kier alpha value is -2.08. The summed E-state index contributed by atoms with van der Waals surface area (Å²) in [7, 11) is 0. The molecule has 2 rings (SSSR count). The molecule has 2 aromatic carbocycles. The second-order valence-electron chi connectivity index (χ2n) is 4.73. The average Bonchev–Trinajstić information content (AvgIpc) is 2.42. The van der Waals surface area contributed by atoms with E-state index in [1.807, 2.05) is 0 Å². The van der Waals surface area contributed by atoms with Gasteiger partial charge >= 0.3 is 6.18 Å². The number of aliphatic hydroxyl groups is 1. The van der Waals surface area contributed by atoms with Crippen LogP contribution in [0.15, 0.2) is 42.5 Å². The zero-order valence-electron chi connectivity index (χ0n) is 11.2. The quantitative estimate of drug-likeness (QED) is 0.915. The molecule has 0 saturated heterocycles. The van der Waals surface area contributed by atoms with E-state index in [1.54, 1.807) is 41.7 Å². The van der Waals surface area contributed by atoms with Crippen LogP contribution in [-0.2, 0) is 4.79 Å². The number of aliphatic hydroxyl groups excluding tert-OH is 1. The van der Waals surface area contributed by atoms with Gasteiger partial charge in [0.1, 0.15) is 6.10 Å². The van der Waals surface area contributed by atoms with Crippen molar-refractivity contribution in [2.24, 2.45) is 0 Å². The number of hydrogen-bond donors (Lipinski definition) is 2. The van der Waals surface area contributed by atoms with Crippen molar-refractivity contribution >= 4 is 16.7 Å². The Morgan fingerprint density at radius 3 is 2.38 bits per heavy atom. The van der Waals surface area contributed by atoms with Crippen molar-refractivity contribution < 1.29 is 23.1 Å². The lowest BCUT2D eigenvalue weighted by Gasteiger charge is -2.26. The van der Waals surface area contributed by atoms with Gasteiger partial charge in [-0.1, -0.05) is 42.5 Å². The first-order valence-corrected chi connectivity index (χ1v) is 6.30. The van der Waals surface area contributed by atoms with Crippen LogP contribution in [0.1, 0.15) is 18.6 Å². The predicted molar refractivity (Wildman–Crippen MR) is 72.6 cm³/mol. The molecule has 3 nitrogen and oxygen atoms in total. The van der Waals surface area contributed by atoms with Crippen LogP contribution in [0.5, 0.6) is 0 Å². The van der Waals surface area contributed by atoms with Crippen LogP contribution in [0, 0.1) is 0 Å². The van der Waals surface area contributed by atoms with Gasteiger partial charge in [-0.25, -0.2) is 0 Å². The van der Waals surface area contributed by atoms with Gasteiger partial charge in [0, 0.05) is 6.92 Å². The summed E-state index contributed by atoms with van der Waals surface area (Å²) in [6, 6.07) is 9.21. The monoisotopic (exact) mass is 297 g/mol. The number of nitrogens with one attached hydrogen (secondary N) is 1. The third-order valence-electron chi connectivity index (χ3n) is 3.17. The van der Waals surface area contributed by atoms with Crippen LogP contribution in [-0.4, -0.2) is 23.2 Å². The van der Waals surface area contributed by atoms with Crippen LogP contribution < -0.4 is 5.32 Å². The molecule has 0 aliphatic rings. The van der Waals surface area contributed by atoms with E-state index in [2.05, 4.69) is 0 Å². The molecule has 1 amide bonds. The van der Waals surface area contributed by atoms with Crippen molar-refractivity contribution in [1.29, 1.82) is 0 Å². The largest absolute Gasteiger partial charge is 0.411 e. The lowest BCUT2D eigenvalue weighted by atomic mass is 9.95. The van der Waals surface area contributed by atoms with E-state index >= 15 is 0 Å². The van der Waals surface area contributed by atoms with Gasteiger partial charge in [0.25, 0.3) is 0 Å². The molecular weight excluding hydrogens is 283 g/mol. The molecule has 0 fully saturated rings. The number of benzene rings is 2. The molecule has 0 heterocycles. The maximum atomic E-state index is 13.0. The van der Waals surface area contributed by atoms with Gasteiger partial charge < -0.3 is 10.4 Å². The molecule has 2 aromatic rings. The van der Waals surface area contributed by atoms with Gasteiger partial charge in [0.15, 0.2) is 6.04 Å². The predicted octanol–water partition coefficient (Wildman–Crippen LogP) is 2.94. The molecule has 2 N–H and O–H groups in total. The minimum Gasteiger partial charge on any atom is -0.386 e. The standard InChI is InChI=1S/C15H14F3NO2/c1-9(20)19-14(15(16,17)18)13(21)12-8-4-6-10-5-2-3-7-11(10)12/h2-8,13-14,21H,1H3,(H,19,20). The zero-order chi connectivity index (χ0) is 15.6. The second kappa shape index (κ2) is 5.73. The minimum atomic E-state index is -4.75. The third kappa shape index (κ3) is 3.33. The minimum absolute atomic E-state index is 0.129. The molecule has 21 heavy (non-hydrogen) atoms. The van der Waals surface area contributed by atoms with Crippen LogP contribution in [0.2, 0.25) is 0 Å². The molecular formula is C15H14F3NO2. The second-order valence-corrected chi connectivity index (χ2v) is 4.73. The molecule has 112 valence electrons. The first-order valence-electron chi connectivity index (χ1n) is 6.30. The Labute approximate surface area is 119 Å². The molecule has 0 bridgehead atoms. The number of halogens is 3. The van der Waals surface area contributed by atoms with Crippen molar-refractivity contribution in [3.05, 3.63) is 48.0 Å². The molecule has 0 spiro atoms. The normalized spacial score (nSPS) is 14.7. The van der Waals surface area contributed by atoms with Crippen molar-refractivity contribution in [3.8, 4) is 0 Å². The molecule has 0 aliphatic heterocycles.